The van der Waals surface area contributed by atoms with E-state index in [1.165, 1.54) is 28.7 Å². The topological polar surface area (TPSA) is 105 Å². The molecule has 9 heteroatoms. The largest absolute Gasteiger partial charge is 0.369 e. The summed E-state index contributed by atoms with van der Waals surface area (Å²) in [5.41, 5.74) is 3.87. The van der Waals surface area contributed by atoms with Crippen molar-refractivity contribution in [3.63, 3.8) is 0 Å². The van der Waals surface area contributed by atoms with Gasteiger partial charge in [-0.3, -0.25) is 4.98 Å². The standard InChI is InChI=1S/C23H22N8S/c1-2-7-17-14(5-1)19-22(30-21(31-23(19)32-17)16-13-24-11-12-25-16)27-10-4-8-18-28-15-6-3-9-26-20(15)29-18/h3,6,9,11-13H,1-2,4-5,7-8,10H2,(H,26,28,29)(H,27,30,31). The molecular weight excluding hydrogens is 420 g/mol. The van der Waals surface area contributed by atoms with Crippen LogP contribution in [-0.4, -0.2) is 41.4 Å². The summed E-state index contributed by atoms with van der Waals surface area (Å²) in [6.45, 7) is 0.793. The lowest BCUT2D eigenvalue weighted by Gasteiger charge is -2.13. The molecule has 1 aliphatic carbocycles. The van der Waals surface area contributed by atoms with E-state index in [1.807, 2.05) is 12.1 Å². The van der Waals surface area contributed by atoms with E-state index in [4.69, 9.17) is 9.97 Å². The van der Waals surface area contributed by atoms with Gasteiger partial charge in [0.05, 0.1) is 17.1 Å². The Labute approximate surface area is 188 Å². The first-order valence-corrected chi connectivity index (χ1v) is 11.8. The Bertz CT molecular complexity index is 1360. The van der Waals surface area contributed by atoms with Gasteiger partial charge >= 0.3 is 0 Å². The molecule has 0 saturated heterocycles. The molecule has 5 aromatic rings. The third kappa shape index (κ3) is 3.58. The number of hydrogen-bond donors (Lipinski definition) is 2. The second-order valence-corrected chi connectivity index (χ2v) is 9.05. The molecule has 2 N–H and O–H groups in total. The zero-order valence-corrected chi connectivity index (χ0v) is 18.3. The average Bonchev–Trinajstić information content (AvgIpc) is 3.43. The van der Waals surface area contributed by atoms with E-state index in [1.54, 1.807) is 36.1 Å². The van der Waals surface area contributed by atoms with Crippen LogP contribution in [0.4, 0.5) is 5.82 Å². The number of rotatable bonds is 6. The molecule has 0 bridgehead atoms. The van der Waals surface area contributed by atoms with Gasteiger partial charge in [-0.1, -0.05) is 0 Å². The molecule has 1 aliphatic rings. The summed E-state index contributed by atoms with van der Waals surface area (Å²) in [5.74, 6) is 2.48. The van der Waals surface area contributed by atoms with E-state index >= 15 is 0 Å². The molecule has 0 aliphatic heterocycles. The van der Waals surface area contributed by atoms with Crippen LogP contribution in [0.1, 0.15) is 35.5 Å². The van der Waals surface area contributed by atoms with Gasteiger partial charge in [-0.15, -0.1) is 11.3 Å². The second-order valence-electron chi connectivity index (χ2n) is 7.97. The maximum atomic E-state index is 4.88. The molecule has 6 rings (SSSR count). The van der Waals surface area contributed by atoms with Crippen molar-refractivity contribution in [2.24, 2.45) is 0 Å². The number of H-pyrrole nitrogens is 1. The lowest BCUT2D eigenvalue weighted by molar-refractivity contribution is 0.700. The van der Waals surface area contributed by atoms with Gasteiger partial charge in [0.1, 0.15) is 22.2 Å². The van der Waals surface area contributed by atoms with Gasteiger partial charge in [0, 0.05) is 36.4 Å². The fraction of sp³-hybridized carbons (Fsp3) is 0.304. The molecule has 0 unspecified atom stereocenters. The highest BCUT2D eigenvalue weighted by atomic mass is 32.1. The maximum absolute atomic E-state index is 4.88. The Morgan fingerprint density at radius 2 is 2.00 bits per heavy atom. The van der Waals surface area contributed by atoms with Crippen LogP contribution in [0.15, 0.2) is 36.9 Å². The van der Waals surface area contributed by atoms with Gasteiger partial charge in [-0.25, -0.2) is 24.9 Å². The Hall–Kier alpha value is -3.46. The number of anilines is 1. The summed E-state index contributed by atoms with van der Waals surface area (Å²) in [7, 11) is 0. The van der Waals surface area contributed by atoms with Gasteiger partial charge < -0.3 is 10.3 Å². The van der Waals surface area contributed by atoms with E-state index in [0.29, 0.717) is 11.5 Å². The Morgan fingerprint density at radius 3 is 2.91 bits per heavy atom. The van der Waals surface area contributed by atoms with Crippen LogP contribution in [0.25, 0.3) is 32.9 Å². The van der Waals surface area contributed by atoms with Crippen molar-refractivity contribution in [3.05, 3.63) is 53.2 Å². The number of aromatic amines is 1. The lowest BCUT2D eigenvalue weighted by atomic mass is 9.97. The summed E-state index contributed by atoms with van der Waals surface area (Å²) in [5, 5.41) is 4.77. The fourth-order valence-corrected chi connectivity index (χ4v) is 5.55. The van der Waals surface area contributed by atoms with Crippen LogP contribution in [-0.2, 0) is 19.3 Å². The average molecular weight is 443 g/mol. The summed E-state index contributed by atoms with van der Waals surface area (Å²) in [6.07, 6.45) is 13.3. The third-order valence-electron chi connectivity index (χ3n) is 5.80. The molecule has 0 saturated carbocycles. The first-order valence-electron chi connectivity index (χ1n) is 11.0. The van der Waals surface area contributed by atoms with Gasteiger partial charge in [0.25, 0.3) is 0 Å². The number of imidazole rings is 1. The van der Waals surface area contributed by atoms with E-state index in [9.17, 15) is 0 Å². The molecule has 5 heterocycles. The minimum absolute atomic E-state index is 0.620. The zero-order valence-electron chi connectivity index (χ0n) is 17.5. The van der Waals surface area contributed by atoms with Crippen molar-refractivity contribution in [2.75, 3.05) is 11.9 Å². The molecule has 5 aromatic heterocycles. The van der Waals surface area contributed by atoms with E-state index in [0.717, 1.165) is 59.9 Å². The normalized spacial score (nSPS) is 13.5. The van der Waals surface area contributed by atoms with Crippen LogP contribution in [0.2, 0.25) is 0 Å². The van der Waals surface area contributed by atoms with Gasteiger partial charge in [0.15, 0.2) is 11.5 Å². The van der Waals surface area contributed by atoms with Crippen molar-refractivity contribution >= 4 is 38.5 Å². The number of aromatic nitrogens is 7. The lowest BCUT2D eigenvalue weighted by Crippen LogP contribution is -2.08. The molecule has 8 nitrogen and oxygen atoms in total. The zero-order chi connectivity index (χ0) is 21.3. The van der Waals surface area contributed by atoms with Crippen molar-refractivity contribution in [1.29, 1.82) is 0 Å². The van der Waals surface area contributed by atoms with E-state index < -0.39 is 0 Å². The highest BCUT2D eigenvalue weighted by Crippen LogP contribution is 2.39. The third-order valence-corrected chi connectivity index (χ3v) is 6.98. The number of hydrogen-bond acceptors (Lipinski definition) is 8. The van der Waals surface area contributed by atoms with Crippen LogP contribution in [0.3, 0.4) is 0 Å². The van der Waals surface area contributed by atoms with Crippen LogP contribution in [0, 0.1) is 0 Å². The SMILES string of the molecule is c1cnc2nc(CCCNc3nc(-c4cnccn4)nc4sc5c(c34)CCCC5)[nH]c2c1. The molecule has 0 aromatic carbocycles. The second kappa shape index (κ2) is 8.23. The van der Waals surface area contributed by atoms with Crippen LogP contribution < -0.4 is 5.32 Å². The summed E-state index contributed by atoms with van der Waals surface area (Å²) in [4.78, 5) is 33.0. The monoisotopic (exact) mass is 442 g/mol. The van der Waals surface area contributed by atoms with Gasteiger partial charge in [-0.2, -0.15) is 0 Å². The molecule has 0 radical (unpaired) electrons. The van der Waals surface area contributed by atoms with Crippen molar-refractivity contribution in [3.8, 4) is 11.5 Å². The van der Waals surface area contributed by atoms with Crippen molar-refractivity contribution in [1.82, 2.24) is 34.9 Å². The summed E-state index contributed by atoms with van der Waals surface area (Å²) < 4.78 is 0. The molecule has 0 atom stereocenters. The first-order chi connectivity index (χ1) is 15.8. The van der Waals surface area contributed by atoms with Crippen molar-refractivity contribution in [2.45, 2.75) is 38.5 Å². The Morgan fingerprint density at radius 1 is 1.03 bits per heavy atom. The smallest absolute Gasteiger partial charge is 0.183 e. The highest BCUT2D eigenvalue weighted by Gasteiger charge is 2.21. The van der Waals surface area contributed by atoms with Gasteiger partial charge in [0.2, 0.25) is 0 Å². The van der Waals surface area contributed by atoms with E-state index in [-0.39, 0.29) is 0 Å². The number of pyridine rings is 1. The minimum atomic E-state index is 0.620. The fourth-order valence-electron chi connectivity index (χ4n) is 4.29. The van der Waals surface area contributed by atoms with Crippen LogP contribution in [0.5, 0.6) is 0 Å². The highest BCUT2D eigenvalue weighted by molar-refractivity contribution is 7.19. The molecule has 160 valence electrons. The quantitative estimate of drug-likeness (QED) is 0.377. The Kier molecular flexibility index (Phi) is 4.95. The molecule has 0 fully saturated rings. The predicted octanol–water partition coefficient (Wildman–Crippen LogP) is 4.34. The number of aryl methyl sites for hydroxylation is 3. The summed E-state index contributed by atoms with van der Waals surface area (Å²) >= 11 is 1.80. The molecule has 0 spiro atoms. The van der Waals surface area contributed by atoms with Gasteiger partial charge in [-0.05, 0) is 49.8 Å². The maximum Gasteiger partial charge on any atom is 0.183 e. The molecular formula is C23H22N8S. The van der Waals surface area contributed by atoms with Crippen molar-refractivity contribution < 1.29 is 0 Å². The minimum Gasteiger partial charge on any atom is -0.369 e. The number of thiophene rings is 1. The summed E-state index contributed by atoms with van der Waals surface area (Å²) in [6, 6.07) is 3.92. The predicted molar refractivity (Wildman–Crippen MR) is 126 cm³/mol. The number of nitrogens with zero attached hydrogens (tertiary/aromatic N) is 6. The number of fused-ring (bicyclic) bond motifs is 4. The Balaban J connectivity index is 1.27. The number of nitrogens with one attached hydrogen (secondary N) is 2. The first kappa shape index (κ1) is 19.2. The van der Waals surface area contributed by atoms with Crippen LogP contribution >= 0.6 is 11.3 Å². The molecule has 0 amide bonds. The van der Waals surface area contributed by atoms with E-state index in [2.05, 4.69) is 30.2 Å². The molecule has 32 heavy (non-hydrogen) atoms.